The highest BCUT2D eigenvalue weighted by Crippen LogP contribution is 2.17. The van der Waals surface area contributed by atoms with E-state index < -0.39 is 5.91 Å². The Bertz CT molecular complexity index is 555. The molecule has 0 aliphatic rings. The largest absolute Gasteiger partial charge is 0.383 e. The van der Waals surface area contributed by atoms with Crippen molar-refractivity contribution < 1.29 is 19.1 Å². The number of carbonyl (C=O) groups is 1. The van der Waals surface area contributed by atoms with Crippen molar-refractivity contribution in [1.29, 1.82) is 0 Å². The number of hydrogen-bond acceptors (Lipinski definition) is 6. The summed E-state index contributed by atoms with van der Waals surface area (Å²) >= 11 is 0. The second-order valence-corrected chi connectivity index (χ2v) is 3.62. The molecule has 19 heavy (non-hydrogen) atoms. The Kier molecular flexibility index (Phi) is 4.04. The number of hydrogen-bond donors (Lipinski definition) is 1. The molecule has 0 fully saturated rings. The molecule has 1 N–H and O–H groups in total. The van der Waals surface area contributed by atoms with E-state index in [1.165, 1.54) is 13.3 Å². The molecule has 1 amide bonds. The Morgan fingerprint density at radius 2 is 2.47 bits per heavy atom. The highest BCUT2D eigenvalue weighted by atomic mass is 16.8. The van der Waals surface area contributed by atoms with Crippen molar-refractivity contribution in [3.05, 3.63) is 35.4 Å². The molecule has 0 unspecified atom stereocenters. The van der Waals surface area contributed by atoms with E-state index in [4.69, 9.17) is 4.74 Å². The zero-order valence-corrected chi connectivity index (χ0v) is 10.2. The molecule has 2 rings (SSSR count). The summed E-state index contributed by atoms with van der Waals surface area (Å²) < 4.78 is 9.28. The molecule has 0 aliphatic heterocycles. The van der Waals surface area contributed by atoms with Gasteiger partial charge in [0.2, 0.25) is 5.69 Å². The van der Waals surface area contributed by atoms with Crippen LogP contribution in [0.1, 0.15) is 10.5 Å². The fourth-order valence-corrected chi connectivity index (χ4v) is 1.49. The van der Waals surface area contributed by atoms with E-state index in [1.54, 1.807) is 18.3 Å². The second-order valence-electron chi connectivity index (χ2n) is 3.62. The molecule has 2 aromatic rings. The summed E-state index contributed by atoms with van der Waals surface area (Å²) in [5.41, 5.74) is 0.401. The van der Waals surface area contributed by atoms with Crippen LogP contribution in [0.5, 0.6) is 0 Å². The van der Waals surface area contributed by atoms with Crippen LogP contribution in [0.4, 0.5) is 0 Å². The molecule has 0 atom stereocenters. The Hall–Kier alpha value is -2.48. The first-order chi connectivity index (χ1) is 9.24. The van der Waals surface area contributed by atoms with Crippen molar-refractivity contribution in [2.45, 2.75) is 0 Å². The number of pyridine rings is 1. The van der Waals surface area contributed by atoms with Gasteiger partial charge in [0.15, 0.2) is 0 Å². The van der Waals surface area contributed by atoms with Crippen molar-refractivity contribution in [1.82, 2.24) is 15.5 Å². The van der Waals surface area contributed by atoms with Crippen LogP contribution in [0.25, 0.3) is 11.3 Å². The third-order valence-electron chi connectivity index (χ3n) is 2.35. The Morgan fingerprint density at radius 1 is 1.63 bits per heavy atom. The molecule has 0 saturated heterocycles. The van der Waals surface area contributed by atoms with Crippen LogP contribution >= 0.6 is 0 Å². The molecular formula is C11H12N4O4. The van der Waals surface area contributed by atoms with Gasteiger partial charge < -0.3 is 15.3 Å². The summed E-state index contributed by atoms with van der Waals surface area (Å²) in [4.78, 5) is 15.9. The predicted molar refractivity (Wildman–Crippen MR) is 62.9 cm³/mol. The SMILES string of the molecule is COCCNC(=O)c1no[n+]([O-])c1-c1cccnc1. The van der Waals surface area contributed by atoms with Crippen molar-refractivity contribution >= 4 is 5.91 Å². The van der Waals surface area contributed by atoms with Gasteiger partial charge in [-0.3, -0.25) is 14.4 Å². The first-order valence-corrected chi connectivity index (χ1v) is 5.51. The maximum Gasteiger partial charge on any atom is 0.313 e. The quantitative estimate of drug-likeness (QED) is 0.589. The summed E-state index contributed by atoms with van der Waals surface area (Å²) in [7, 11) is 1.52. The van der Waals surface area contributed by atoms with Gasteiger partial charge in [-0.05, 0) is 17.0 Å². The van der Waals surface area contributed by atoms with Crippen molar-refractivity contribution in [2.75, 3.05) is 20.3 Å². The van der Waals surface area contributed by atoms with Crippen LogP contribution in [0.3, 0.4) is 0 Å². The average Bonchev–Trinajstić information content (AvgIpc) is 2.82. The van der Waals surface area contributed by atoms with E-state index >= 15 is 0 Å². The lowest BCUT2D eigenvalue weighted by Crippen LogP contribution is -2.30. The minimum absolute atomic E-state index is 0.0306. The molecule has 2 aromatic heterocycles. The van der Waals surface area contributed by atoms with E-state index in [0.29, 0.717) is 18.7 Å². The molecule has 2 heterocycles. The topological polar surface area (TPSA) is 104 Å². The first kappa shape index (κ1) is 13.0. The van der Waals surface area contributed by atoms with Crippen molar-refractivity contribution in [3.8, 4) is 11.3 Å². The van der Waals surface area contributed by atoms with Crippen LogP contribution in [0, 0.1) is 5.21 Å². The highest BCUT2D eigenvalue weighted by molar-refractivity contribution is 5.96. The predicted octanol–water partition coefficient (Wildman–Crippen LogP) is -0.254. The van der Waals surface area contributed by atoms with Crippen LogP contribution in [-0.4, -0.2) is 36.3 Å². The zero-order valence-electron chi connectivity index (χ0n) is 10.2. The number of methoxy groups -OCH3 is 1. The molecule has 8 nitrogen and oxygen atoms in total. The standard InChI is InChI=1S/C11H12N4O4/c1-18-6-5-13-11(16)9-10(15(17)19-14-9)8-3-2-4-12-7-8/h2-4,7H,5-6H2,1H3,(H,13,16). The summed E-state index contributed by atoms with van der Waals surface area (Å²) in [6.45, 7) is 0.677. The fraction of sp³-hybridized carbons (Fsp3) is 0.273. The minimum atomic E-state index is -0.505. The monoisotopic (exact) mass is 264 g/mol. The summed E-state index contributed by atoms with van der Waals surface area (Å²) in [6.07, 6.45) is 3.01. The van der Waals surface area contributed by atoms with Gasteiger partial charge in [-0.15, -0.1) is 0 Å². The number of carbonyl (C=O) groups excluding carboxylic acids is 1. The van der Waals surface area contributed by atoms with Crippen LogP contribution in [0.2, 0.25) is 0 Å². The smallest absolute Gasteiger partial charge is 0.313 e. The van der Waals surface area contributed by atoms with Gasteiger partial charge in [0.05, 0.1) is 11.8 Å². The molecule has 0 saturated carbocycles. The number of nitrogens with one attached hydrogen (secondary N) is 1. The second kappa shape index (κ2) is 5.91. The lowest BCUT2D eigenvalue weighted by atomic mass is 10.1. The summed E-state index contributed by atoms with van der Waals surface area (Å²) in [5.74, 6) is -0.505. The van der Waals surface area contributed by atoms with Crippen LogP contribution in [-0.2, 0) is 4.74 Å². The number of amides is 1. The number of nitrogens with zero attached hydrogens (tertiary/aromatic N) is 3. The maximum absolute atomic E-state index is 11.9. The minimum Gasteiger partial charge on any atom is -0.383 e. The summed E-state index contributed by atoms with van der Waals surface area (Å²) in [5, 5.41) is 17.6. The van der Waals surface area contributed by atoms with Gasteiger partial charge in [0.25, 0.3) is 0 Å². The Balaban J connectivity index is 2.25. The van der Waals surface area contributed by atoms with Gasteiger partial charge in [-0.1, -0.05) is 0 Å². The summed E-state index contributed by atoms with van der Waals surface area (Å²) in [6, 6.07) is 3.29. The van der Waals surface area contributed by atoms with Gasteiger partial charge in [0, 0.05) is 31.6 Å². The van der Waals surface area contributed by atoms with E-state index in [0.717, 1.165) is 0 Å². The van der Waals surface area contributed by atoms with E-state index in [-0.39, 0.29) is 16.3 Å². The lowest BCUT2D eigenvalue weighted by Gasteiger charge is -2.01. The Morgan fingerprint density at radius 3 is 3.16 bits per heavy atom. The van der Waals surface area contributed by atoms with Crippen molar-refractivity contribution in [3.63, 3.8) is 0 Å². The molecule has 0 bridgehead atoms. The Labute approximate surface area is 108 Å². The molecule has 8 heteroatoms. The molecule has 0 spiro atoms. The van der Waals surface area contributed by atoms with Gasteiger partial charge in [0.1, 0.15) is 0 Å². The fourth-order valence-electron chi connectivity index (χ4n) is 1.49. The van der Waals surface area contributed by atoms with E-state index in [1.807, 2.05) is 0 Å². The first-order valence-electron chi connectivity index (χ1n) is 5.51. The molecule has 100 valence electrons. The number of ether oxygens (including phenoxy) is 1. The number of rotatable bonds is 5. The van der Waals surface area contributed by atoms with Crippen LogP contribution in [0.15, 0.2) is 29.2 Å². The van der Waals surface area contributed by atoms with E-state index in [2.05, 4.69) is 20.1 Å². The van der Waals surface area contributed by atoms with Crippen LogP contribution < -0.4 is 10.2 Å². The normalized spacial score (nSPS) is 10.4. The third kappa shape index (κ3) is 2.86. The molecule has 0 radical (unpaired) electrons. The van der Waals surface area contributed by atoms with E-state index in [9.17, 15) is 10.0 Å². The van der Waals surface area contributed by atoms with Gasteiger partial charge >= 0.3 is 11.6 Å². The average molecular weight is 264 g/mol. The highest BCUT2D eigenvalue weighted by Gasteiger charge is 2.27. The lowest BCUT2D eigenvalue weighted by molar-refractivity contribution is -0.793. The van der Waals surface area contributed by atoms with Crippen molar-refractivity contribution in [2.24, 2.45) is 0 Å². The molecule has 0 aliphatic carbocycles. The van der Waals surface area contributed by atoms with Gasteiger partial charge in [-0.2, -0.15) is 0 Å². The molecule has 0 aromatic carbocycles. The van der Waals surface area contributed by atoms with Gasteiger partial charge in [-0.25, -0.2) is 0 Å². The third-order valence-corrected chi connectivity index (χ3v) is 2.35. The zero-order chi connectivity index (χ0) is 13.7. The number of aromatic nitrogens is 3. The molecular weight excluding hydrogens is 252 g/mol. The maximum atomic E-state index is 11.9.